The average molecular weight is 310 g/mol. The fourth-order valence-electron chi connectivity index (χ4n) is 3.13. The Kier molecular flexibility index (Phi) is 11.1. The highest BCUT2D eigenvalue weighted by atomic mass is 16.5. The highest BCUT2D eigenvalue weighted by Gasteiger charge is 2.21. The van der Waals surface area contributed by atoms with Crippen LogP contribution in [0.4, 0.5) is 0 Å². The van der Waals surface area contributed by atoms with Crippen molar-refractivity contribution in [1.82, 2.24) is 0 Å². The van der Waals surface area contributed by atoms with Crippen molar-refractivity contribution in [2.24, 2.45) is 11.8 Å². The van der Waals surface area contributed by atoms with Crippen LogP contribution in [0.5, 0.6) is 0 Å². The van der Waals surface area contributed by atoms with Crippen molar-refractivity contribution in [2.75, 3.05) is 13.2 Å². The second-order valence-electron chi connectivity index (χ2n) is 6.70. The largest absolute Gasteiger partial charge is 0.465 e. The second kappa shape index (κ2) is 12.7. The van der Waals surface area contributed by atoms with Crippen LogP contribution < -0.4 is 0 Å². The maximum absolute atomic E-state index is 11.7. The first kappa shape index (κ1) is 19.2. The Morgan fingerprint density at radius 3 is 2.23 bits per heavy atom. The van der Waals surface area contributed by atoms with E-state index in [1.807, 2.05) is 6.08 Å². The van der Waals surface area contributed by atoms with Gasteiger partial charge in [0.15, 0.2) is 0 Å². The lowest BCUT2D eigenvalue weighted by Gasteiger charge is -2.26. The maximum Gasteiger partial charge on any atom is 0.305 e. The zero-order valence-corrected chi connectivity index (χ0v) is 14.1. The van der Waals surface area contributed by atoms with Crippen LogP contribution in [0.1, 0.15) is 77.0 Å². The summed E-state index contributed by atoms with van der Waals surface area (Å²) in [6.07, 6.45) is 15.1. The minimum atomic E-state index is -0.0315. The Balaban J connectivity index is 1.90. The van der Waals surface area contributed by atoms with Crippen LogP contribution in [0.2, 0.25) is 0 Å². The summed E-state index contributed by atoms with van der Waals surface area (Å²) in [5.74, 6) is 0.950. The van der Waals surface area contributed by atoms with E-state index in [1.54, 1.807) is 0 Å². The van der Waals surface area contributed by atoms with Crippen molar-refractivity contribution < 1.29 is 14.6 Å². The SMILES string of the molecule is C=CCCCCCCCCC(=O)OCC1CCC(CO)CC1. The van der Waals surface area contributed by atoms with Gasteiger partial charge >= 0.3 is 5.97 Å². The monoisotopic (exact) mass is 310 g/mol. The lowest BCUT2D eigenvalue weighted by Crippen LogP contribution is -2.22. The molecular weight excluding hydrogens is 276 g/mol. The first-order valence-electron chi connectivity index (χ1n) is 9.13. The van der Waals surface area contributed by atoms with Gasteiger partial charge in [-0.2, -0.15) is 0 Å². The molecule has 3 heteroatoms. The molecule has 3 nitrogen and oxygen atoms in total. The van der Waals surface area contributed by atoms with Crippen LogP contribution in [0, 0.1) is 11.8 Å². The predicted octanol–water partition coefficient (Wildman–Crippen LogP) is 4.64. The molecule has 0 aromatic heterocycles. The summed E-state index contributed by atoms with van der Waals surface area (Å²) in [7, 11) is 0. The first-order chi connectivity index (χ1) is 10.8. The molecule has 1 N–H and O–H groups in total. The molecule has 0 saturated heterocycles. The Labute approximate surface area is 136 Å². The molecule has 0 amide bonds. The van der Waals surface area contributed by atoms with Gasteiger partial charge in [-0.25, -0.2) is 0 Å². The number of carbonyl (C=O) groups excluding carboxylic acids is 1. The van der Waals surface area contributed by atoms with Crippen molar-refractivity contribution in [2.45, 2.75) is 77.0 Å². The number of ether oxygens (including phenoxy) is 1. The summed E-state index contributed by atoms with van der Waals surface area (Å²) < 4.78 is 5.40. The van der Waals surface area contributed by atoms with Gasteiger partial charge in [0.2, 0.25) is 0 Å². The van der Waals surface area contributed by atoms with Crippen LogP contribution in [0.3, 0.4) is 0 Å². The second-order valence-corrected chi connectivity index (χ2v) is 6.70. The van der Waals surface area contributed by atoms with E-state index in [1.165, 1.54) is 25.7 Å². The quantitative estimate of drug-likeness (QED) is 0.324. The molecule has 0 heterocycles. The highest BCUT2D eigenvalue weighted by Crippen LogP contribution is 2.28. The van der Waals surface area contributed by atoms with E-state index in [-0.39, 0.29) is 5.97 Å². The molecular formula is C19H34O3. The zero-order valence-electron chi connectivity index (χ0n) is 14.1. The van der Waals surface area contributed by atoms with E-state index in [9.17, 15) is 4.79 Å². The number of aliphatic hydroxyl groups is 1. The van der Waals surface area contributed by atoms with Gasteiger partial charge in [-0.1, -0.05) is 31.8 Å². The molecule has 0 aliphatic heterocycles. The highest BCUT2D eigenvalue weighted by molar-refractivity contribution is 5.69. The molecule has 0 unspecified atom stereocenters. The summed E-state index contributed by atoms with van der Waals surface area (Å²) >= 11 is 0. The molecule has 1 fully saturated rings. The van der Waals surface area contributed by atoms with Crippen molar-refractivity contribution in [1.29, 1.82) is 0 Å². The van der Waals surface area contributed by atoms with E-state index in [0.717, 1.165) is 44.9 Å². The van der Waals surface area contributed by atoms with Crippen LogP contribution in [-0.2, 0) is 9.53 Å². The third-order valence-electron chi connectivity index (χ3n) is 4.74. The Morgan fingerprint density at radius 2 is 1.59 bits per heavy atom. The van der Waals surface area contributed by atoms with Crippen molar-refractivity contribution >= 4 is 5.97 Å². The Morgan fingerprint density at radius 1 is 1.00 bits per heavy atom. The van der Waals surface area contributed by atoms with Crippen molar-refractivity contribution in [3.05, 3.63) is 12.7 Å². The van der Waals surface area contributed by atoms with Gasteiger partial charge in [0.25, 0.3) is 0 Å². The lowest BCUT2D eigenvalue weighted by atomic mass is 9.83. The molecule has 1 saturated carbocycles. The minimum absolute atomic E-state index is 0.0315. The normalized spacial score (nSPS) is 21.5. The standard InChI is InChI=1S/C19H34O3/c1-2-3-4-5-6-7-8-9-10-19(21)22-16-18-13-11-17(15-20)12-14-18/h2,17-18,20H,1,3-16H2. The topological polar surface area (TPSA) is 46.5 Å². The van der Waals surface area contributed by atoms with E-state index in [4.69, 9.17) is 9.84 Å². The summed E-state index contributed by atoms with van der Waals surface area (Å²) in [4.78, 5) is 11.7. The summed E-state index contributed by atoms with van der Waals surface area (Å²) in [5.41, 5.74) is 0. The summed E-state index contributed by atoms with van der Waals surface area (Å²) in [6.45, 7) is 4.61. The van der Waals surface area contributed by atoms with Gasteiger partial charge < -0.3 is 9.84 Å². The number of hydrogen-bond donors (Lipinski definition) is 1. The summed E-state index contributed by atoms with van der Waals surface area (Å²) in [5, 5.41) is 9.11. The average Bonchev–Trinajstić information content (AvgIpc) is 2.56. The lowest BCUT2D eigenvalue weighted by molar-refractivity contribution is -0.145. The van der Waals surface area contributed by atoms with Gasteiger partial charge in [0.1, 0.15) is 0 Å². The molecule has 22 heavy (non-hydrogen) atoms. The fourth-order valence-corrected chi connectivity index (χ4v) is 3.13. The number of esters is 1. The molecule has 1 aliphatic rings. The van der Waals surface area contributed by atoms with Crippen LogP contribution >= 0.6 is 0 Å². The number of carbonyl (C=O) groups is 1. The van der Waals surface area contributed by atoms with E-state index >= 15 is 0 Å². The molecule has 0 aromatic rings. The van der Waals surface area contributed by atoms with E-state index < -0.39 is 0 Å². The molecule has 0 radical (unpaired) electrons. The molecule has 1 aliphatic carbocycles. The zero-order chi connectivity index (χ0) is 16.0. The van der Waals surface area contributed by atoms with E-state index in [2.05, 4.69) is 6.58 Å². The smallest absolute Gasteiger partial charge is 0.305 e. The number of unbranched alkanes of at least 4 members (excludes halogenated alkanes) is 6. The first-order valence-corrected chi connectivity index (χ1v) is 9.13. The van der Waals surface area contributed by atoms with E-state index in [0.29, 0.717) is 31.5 Å². The van der Waals surface area contributed by atoms with Gasteiger partial charge in [-0.05, 0) is 56.8 Å². The number of aliphatic hydroxyl groups excluding tert-OH is 1. The maximum atomic E-state index is 11.7. The van der Waals surface area contributed by atoms with Crippen molar-refractivity contribution in [3.63, 3.8) is 0 Å². The third-order valence-corrected chi connectivity index (χ3v) is 4.74. The van der Waals surface area contributed by atoms with Crippen molar-refractivity contribution in [3.8, 4) is 0 Å². The number of rotatable bonds is 12. The predicted molar refractivity (Wildman–Crippen MR) is 90.6 cm³/mol. The molecule has 128 valence electrons. The van der Waals surface area contributed by atoms with Crippen LogP contribution in [0.15, 0.2) is 12.7 Å². The van der Waals surface area contributed by atoms with Gasteiger partial charge in [-0.15, -0.1) is 6.58 Å². The minimum Gasteiger partial charge on any atom is -0.465 e. The molecule has 0 atom stereocenters. The van der Waals surface area contributed by atoms with Crippen LogP contribution in [0.25, 0.3) is 0 Å². The molecule has 1 rings (SSSR count). The fraction of sp³-hybridized carbons (Fsp3) is 0.842. The Bertz CT molecular complexity index is 293. The third kappa shape index (κ3) is 9.24. The van der Waals surface area contributed by atoms with Gasteiger partial charge in [-0.3, -0.25) is 4.79 Å². The summed E-state index contributed by atoms with van der Waals surface area (Å²) in [6, 6.07) is 0. The van der Waals surface area contributed by atoms with Crippen LogP contribution in [-0.4, -0.2) is 24.3 Å². The number of allylic oxidation sites excluding steroid dienone is 1. The van der Waals surface area contributed by atoms with Gasteiger partial charge in [0, 0.05) is 13.0 Å². The number of hydrogen-bond acceptors (Lipinski definition) is 3. The van der Waals surface area contributed by atoms with Gasteiger partial charge in [0.05, 0.1) is 6.61 Å². The molecule has 0 bridgehead atoms. The molecule has 0 aromatic carbocycles. The molecule has 0 spiro atoms. The Hall–Kier alpha value is -0.830.